The molecule has 23 heavy (non-hydrogen) atoms. The molecule has 1 unspecified atom stereocenters. The molecule has 1 N–H and O–H groups in total. The zero-order valence-electron chi connectivity index (χ0n) is 16.3. The lowest BCUT2D eigenvalue weighted by Gasteiger charge is -2.52. The first-order valence-corrected chi connectivity index (χ1v) is 11.7. The Balaban J connectivity index is 3.28. The van der Waals surface area contributed by atoms with E-state index in [0.29, 0.717) is 0 Å². The van der Waals surface area contributed by atoms with Crippen molar-refractivity contribution in [3.8, 4) is 0 Å². The van der Waals surface area contributed by atoms with E-state index < -0.39 is 25.5 Å². The molecule has 0 bridgehead atoms. The van der Waals surface area contributed by atoms with E-state index in [-0.39, 0.29) is 11.0 Å². The molecule has 0 aromatic heterocycles. The van der Waals surface area contributed by atoms with Crippen molar-refractivity contribution in [3.63, 3.8) is 0 Å². The van der Waals surface area contributed by atoms with Crippen LogP contribution in [0.4, 0.5) is 0 Å². The highest BCUT2D eigenvalue weighted by molar-refractivity contribution is 6.74. The van der Waals surface area contributed by atoms with Crippen LogP contribution in [0.2, 0.25) is 18.1 Å². The average Bonchev–Trinajstić information content (AvgIpc) is 2.45. The van der Waals surface area contributed by atoms with Crippen LogP contribution in [0.15, 0.2) is 0 Å². The standard InChI is InChI=1S/C18H36O4Si/c1-16(2,3)23(7,8)22-18(20,14-12-10-9-11-13-14)17(4,5)15(19)21-6/h14,20H,9-13H2,1-8H3. The lowest BCUT2D eigenvalue weighted by Crippen LogP contribution is -2.62. The Bertz CT molecular complexity index is 419. The van der Waals surface area contributed by atoms with Crippen LogP contribution in [0, 0.1) is 11.3 Å². The van der Waals surface area contributed by atoms with Gasteiger partial charge in [0.05, 0.1) is 7.11 Å². The first kappa shape index (κ1) is 20.7. The lowest BCUT2D eigenvalue weighted by atomic mass is 9.71. The molecule has 5 heteroatoms. The van der Waals surface area contributed by atoms with Gasteiger partial charge in [0.1, 0.15) is 5.41 Å². The summed E-state index contributed by atoms with van der Waals surface area (Å²) in [5, 5.41) is 11.6. The van der Waals surface area contributed by atoms with Gasteiger partial charge in [-0.15, -0.1) is 0 Å². The van der Waals surface area contributed by atoms with Gasteiger partial charge >= 0.3 is 5.97 Å². The Morgan fingerprint density at radius 3 is 1.91 bits per heavy atom. The Morgan fingerprint density at radius 2 is 1.52 bits per heavy atom. The Hall–Kier alpha value is -0.393. The van der Waals surface area contributed by atoms with Crippen molar-refractivity contribution < 1.29 is 19.1 Å². The summed E-state index contributed by atoms with van der Waals surface area (Å²) >= 11 is 0. The number of methoxy groups -OCH3 is 1. The highest BCUT2D eigenvalue weighted by Crippen LogP contribution is 2.49. The second-order valence-electron chi connectivity index (χ2n) is 9.01. The predicted octanol–water partition coefficient (Wildman–Crippen LogP) is 4.48. The van der Waals surface area contributed by atoms with E-state index >= 15 is 0 Å². The van der Waals surface area contributed by atoms with Crippen LogP contribution in [0.1, 0.15) is 66.7 Å². The highest BCUT2D eigenvalue weighted by Gasteiger charge is 2.59. The molecule has 1 saturated carbocycles. The maximum Gasteiger partial charge on any atom is 0.316 e. The summed E-state index contributed by atoms with van der Waals surface area (Å²) in [6.45, 7) is 14.2. The fourth-order valence-corrected chi connectivity index (χ4v) is 4.66. The normalized spacial score (nSPS) is 20.9. The van der Waals surface area contributed by atoms with Crippen molar-refractivity contribution in [2.75, 3.05) is 7.11 Å². The Labute approximate surface area is 143 Å². The molecular weight excluding hydrogens is 308 g/mol. The van der Waals surface area contributed by atoms with Crippen LogP contribution in [0.5, 0.6) is 0 Å². The maximum absolute atomic E-state index is 12.4. The minimum Gasteiger partial charge on any atom is -0.468 e. The second kappa shape index (κ2) is 6.85. The molecular formula is C18H36O4Si. The summed E-state index contributed by atoms with van der Waals surface area (Å²) < 4.78 is 11.5. The van der Waals surface area contributed by atoms with E-state index in [4.69, 9.17) is 9.16 Å². The zero-order chi connectivity index (χ0) is 18.1. The number of hydrogen-bond acceptors (Lipinski definition) is 4. The summed E-state index contributed by atoms with van der Waals surface area (Å²) in [4.78, 5) is 12.4. The van der Waals surface area contributed by atoms with Crippen molar-refractivity contribution in [2.45, 2.75) is 90.6 Å². The largest absolute Gasteiger partial charge is 0.468 e. The minimum atomic E-state index is -2.25. The van der Waals surface area contributed by atoms with Crippen LogP contribution in [-0.2, 0) is 14.0 Å². The van der Waals surface area contributed by atoms with Gasteiger partial charge in [0.2, 0.25) is 0 Å². The fourth-order valence-electron chi connectivity index (χ4n) is 3.16. The molecule has 1 aliphatic carbocycles. The fraction of sp³-hybridized carbons (Fsp3) is 0.944. The van der Waals surface area contributed by atoms with Crippen molar-refractivity contribution in [1.82, 2.24) is 0 Å². The number of ether oxygens (including phenoxy) is 1. The summed E-state index contributed by atoms with van der Waals surface area (Å²) in [6.07, 6.45) is 5.12. The molecule has 0 spiro atoms. The molecule has 0 aliphatic heterocycles. The van der Waals surface area contributed by atoms with Gasteiger partial charge in [-0.1, -0.05) is 40.0 Å². The number of carbonyl (C=O) groups excluding carboxylic acids is 1. The number of esters is 1. The van der Waals surface area contributed by atoms with E-state index in [1.807, 2.05) is 0 Å². The molecule has 0 aromatic rings. The highest BCUT2D eigenvalue weighted by atomic mass is 28.4. The summed E-state index contributed by atoms with van der Waals surface area (Å²) in [7, 11) is -0.878. The van der Waals surface area contributed by atoms with Crippen molar-refractivity contribution in [1.29, 1.82) is 0 Å². The van der Waals surface area contributed by atoms with Gasteiger partial charge in [-0.05, 0) is 44.8 Å². The van der Waals surface area contributed by atoms with Gasteiger partial charge in [-0.3, -0.25) is 4.79 Å². The van der Waals surface area contributed by atoms with Crippen molar-refractivity contribution in [3.05, 3.63) is 0 Å². The van der Waals surface area contributed by atoms with E-state index in [0.717, 1.165) is 25.7 Å². The SMILES string of the molecule is COC(=O)C(C)(C)C(O)(O[Si](C)(C)C(C)(C)C)C1CCCCC1. The van der Waals surface area contributed by atoms with E-state index in [9.17, 15) is 9.90 Å². The number of rotatable bonds is 5. The van der Waals surface area contributed by atoms with Crippen molar-refractivity contribution >= 4 is 14.3 Å². The van der Waals surface area contributed by atoms with Gasteiger partial charge in [-0.2, -0.15) is 0 Å². The van der Waals surface area contributed by atoms with E-state index in [1.165, 1.54) is 13.5 Å². The molecule has 0 amide bonds. The maximum atomic E-state index is 12.4. The van der Waals surface area contributed by atoms with Gasteiger partial charge in [-0.25, -0.2) is 0 Å². The number of hydrogen-bond donors (Lipinski definition) is 1. The van der Waals surface area contributed by atoms with Crippen molar-refractivity contribution in [2.24, 2.45) is 11.3 Å². The molecule has 136 valence electrons. The van der Waals surface area contributed by atoms with Crippen LogP contribution >= 0.6 is 0 Å². The molecule has 1 rings (SSSR count). The first-order valence-electron chi connectivity index (χ1n) is 8.80. The molecule has 0 saturated heterocycles. The van der Waals surface area contributed by atoms with Gasteiger partial charge < -0.3 is 14.3 Å². The number of aliphatic hydroxyl groups is 1. The Morgan fingerprint density at radius 1 is 1.04 bits per heavy atom. The molecule has 1 fully saturated rings. The topological polar surface area (TPSA) is 55.8 Å². The summed E-state index contributed by atoms with van der Waals surface area (Å²) in [5.41, 5.74) is -1.10. The monoisotopic (exact) mass is 344 g/mol. The van der Waals surface area contributed by atoms with Crippen LogP contribution in [0.25, 0.3) is 0 Å². The molecule has 0 aromatic carbocycles. The second-order valence-corrected chi connectivity index (χ2v) is 13.7. The summed E-state index contributed by atoms with van der Waals surface area (Å²) in [6, 6.07) is 0. The Kier molecular flexibility index (Phi) is 6.15. The number of carbonyl (C=O) groups is 1. The molecule has 0 radical (unpaired) electrons. The first-order chi connectivity index (χ1) is 10.3. The lowest BCUT2D eigenvalue weighted by molar-refractivity contribution is -0.261. The van der Waals surface area contributed by atoms with Crippen LogP contribution in [0.3, 0.4) is 0 Å². The van der Waals surface area contributed by atoms with Crippen LogP contribution < -0.4 is 0 Å². The van der Waals surface area contributed by atoms with Gasteiger partial charge in [0, 0.05) is 5.92 Å². The van der Waals surface area contributed by atoms with E-state index in [1.54, 1.807) is 13.8 Å². The average molecular weight is 345 g/mol. The molecule has 1 atom stereocenters. The predicted molar refractivity (Wildman–Crippen MR) is 95.6 cm³/mol. The molecule has 0 heterocycles. The third kappa shape index (κ3) is 3.99. The molecule has 4 nitrogen and oxygen atoms in total. The minimum absolute atomic E-state index is 0.0283. The smallest absolute Gasteiger partial charge is 0.316 e. The van der Waals surface area contributed by atoms with Crippen LogP contribution in [-0.4, -0.2) is 32.3 Å². The van der Waals surface area contributed by atoms with Gasteiger partial charge in [0.15, 0.2) is 14.1 Å². The quantitative estimate of drug-likeness (QED) is 0.454. The molecule has 1 aliphatic rings. The zero-order valence-corrected chi connectivity index (χ0v) is 17.3. The third-order valence-corrected chi connectivity index (χ3v) is 10.4. The van der Waals surface area contributed by atoms with Gasteiger partial charge in [0.25, 0.3) is 0 Å². The third-order valence-electron chi connectivity index (χ3n) is 5.97. The van der Waals surface area contributed by atoms with E-state index in [2.05, 4.69) is 33.9 Å². The summed E-state index contributed by atoms with van der Waals surface area (Å²) in [5.74, 6) is -1.92.